The van der Waals surface area contributed by atoms with E-state index in [1.54, 1.807) is 35.6 Å². The number of sulfonamides is 1. The molecule has 0 aliphatic carbocycles. The van der Waals surface area contributed by atoms with Crippen LogP contribution in [0.25, 0.3) is 0 Å². The van der Waals surface area contributed by atoms with E-state index in [0.29, 0.717) is 12.2 Å². The molecule has 3 aromatic rings. The number of amides is 1. The maximum absolute atomic E-state index is 13.7. The van der Waals surface area contributed by atoms with Crippen molar-refractivity contribution in [3.63, 3.8) is 0 Å². The topological polar surface area (TPSA) is 75.3 Å². The van der Waals surface area contributed by atoms with E-state index in [-0.39, 0.29) is 12.3 Å². The molecule has 0 bridgehead atoms. The summed E-state index contributed by atoms with van der Waals surface area (Å²) in [5.41, 5.74) is 1.04. The molecule has 0 aliphatic heterocycles. The van der Waals surface area contributed by atoms with Gasteiger partial charge in [-0.25, -0.2) is 12.8 Å². The number of nitrogens with one attached hydrogen (secondary N) is 2. The van der Waals surface area contributed by atoms with Gasteiger partial charge in [-0.3, -0.25) is 9.52 Å². The van der Waals surface area contributed by atoms with Crippen LogP contribution in [0.2, 0.25) is 0 Å². The number of benzene rings is 2. The van der Waals surface area contributed by atoms with Crippen molar-refractivity contribution in [2.75, 3.05) is 4.72 Å². The van der Waals surface area contributed by atoms with E-state index < -0.39 is 20.7 Å². The van der Waals surface area contributed by atoms with Crippen molar-refractivity contribution in [3.05, 3.63) is 82.3 Å². The van der Waals surface area contributed by atoms with Crippen LogP contribution in [0.4, 0.5) is 10.1 Å². The molecule has 27 heavy (non-hydrogen) atoms. The van der Waals surface area contributed by atoms with Crippen LogP contribution in [0.15, 0.2) is 70.9 Å². The highest BCUT2D eigenvalue weighted by Gasteiger charge is 2.18. The first kappa shape index (κ1) is 19.1. The van der Waals surface area contributed by atoms with Crippen LogP contribution >= 0.6 is 11.3 Å². The Labute approximate surface area is 160 Å². The minimum absolute atomic E-state index is 0.122. The van der Waals surface area contributed by atoms with E-state index in [9.17, 15) is 17.6 Å². The van der Waals surface area contributed by atoms with Gasteiger partial charge >= 0.3 is 0 Å². The first-order valence-corrected chi connectivity index (χ1v) is 10.5. The number of hydrogen-bond acceptors (Lipinski definition) is 4. The average molecular weight is 404 g/mol. The second-order valence-electron chi connectivity index (χ2n) is 5.77. The van der Waals surface area contributed by atoms with Crippen molar-refractivity contribution >= 4 is 33.0 Å². The Morgan fingerprint density at radius 1 is 1.00 bits per heavy atom. The molecule has 140 valence electrons. The predicted octanol–water partition coefficient (Wildman–Crippen LogP) is 3.55. The Morgan fingerprint density at radius 2 is 1.74 bits per heavy atom. The number of carbonyl (C=O) groups excluding carboxylic acids is 1. The van der Waals surface area contributed by atoms with Crippen molar-refractivity contribution in [2.24, 2.45) is 0 Å². The maximum atomic E-state index is 13.7. The molecular weight excluding hydrogens is 387 g/mol. The van der Waals surface area contributed by atoms with Gasteiger partial charge < -0.3 is 5.32 Å². The summed E-state index contributed by atoms with van der Waals surface area (Å²) in [5.74, 6) is -0.938. The van der Waals surface area contributed by atoms with Gasteiger partial charge in [0, 0.05) is 10.6 Å². The van der Waals surface area contributed by atoms with Crippen molar-refractivity contribution in [2.45, 2.75) is 17.9 Å². The first-order chi connectivity index (χ1) is 12.9. The Kier molecular flexibility index (Phi) is 5.88. The van der Waals surface area contributed by atoms with Crippen LogP contribution in [-0.2, 0) is 27.8 Å². The Hall–Kier alpha value is -2.71. The molecule has 0 saturated heterocycles. The lowest BCUT2D eigenvalue weighted by Crippen LogP contribution is -2.24. The van der Waals surface area contributed by atoms with Gasteiger partial charge in [0.2, 0.25) is 5.91 Å². The van der Waals surface area contributed by atoms with Crippen molar-refractivity contribution in [1.82, 2.24) is 5.32 Å². The number of halogens is 1. The summed E-state index contributed by atoms with van der Waals surface area (Å²) >= 11 is 1.57. The molecule has 5 nitrogen and oxygen atoms in total. The largest absolute Gasteiger partial charge is 0.351 e. The number of carbonyl (C=O) groups is 1. The number of anilines is 1. The fraction of sp³-hybridized carbons (Fsp3) is 0.105. The molecule has 8 heteroatoms. The SMILES string of the molecule is O=C(Cc1ccc(NS(=O)(=O)c2ccccc2F)cc1)NCc1cccs1. The first-order valence-electron chi connectivity index (χ1n) is 8.09. The Morgan fingerprint density at radius 3 is 2.41 bits per heavy atom. The quantitative estimate of drug-likeness (QED) is 0.632. The second kappa shape index (κ2) is 8.32. The highest BCUT2D eigenvalue weighted by atomic mass is 32.2. The molecule has 0 spiro atoms. The van der Waals surface area contributed by atoms with E-state index in [0.717, 1.165) is 16.5 Å². The van der Waals surface area contributed by atoms with E-state index in [1.165, 1.54) is 18.2 Å². The van der Waals surface area contributed by atoms with Crippen molar-refractivity contribution in [3.8, 4) is 0 Å². The Bertz CT molecular complexity index is 1020. The molecule has 2 N–H and O–H groups in total. The summed E-state index contributed by atoms with van der Waals surface area (Å²) < 4.78 is 40.6. The van der Waals surface area contributed by atoms with Crippen LogP contribution in [-0.4, -0.2) is 14.3 Å². The molecule has 1 amide bonds. The molecule has 0 aliphatic rings. The smallest absolute Gasteiger partial charge is 0.264 e. The predicted molar refractivity (Wildman–Crippen MR) is 104 cm³/mol. The fourth-order valence-electron chi connectivity index (χ4n) is 2.41. The van der Waals surface area contributed by atoms with Gasteiger partial charge in [0.1, 0.15) is 10.7 Å². The maximum Gasteiger partial charge on any atom is 0.264 e. The fourth-order valence-corrected chi connectivity index (χ4v) is 4.19. The van der Waals surface area contributed by atoms with Crippen molar-refractivity contribution in [1.29, 1.82) is 0 Å². The van der Waals surface area contributed by atoms with Gasteiger partial charge in [-0.15, -0.1) is 11.3 Å². The summed E-state index contributed by atoms with van der Waals surface area (Å²) in [4.78, 5) is 12.6. The number of hydrogen-bond donors (Lipinski definition) is 2. The third kappa shape index (κ3) is 5.15. The molecule has 3 rings (SSSR count). The van der Waals surface area contributed by atoms with Crippen LogP contribution in [0.1, 0.15) is 10.4 Å². The normalized spacial score (nSPS) is 11.1. The van der Waals surface area contributed by atoms with Crippen LogP contribution < -0.4 is 10.0 Å². The zero-order valence-electron chi connectivity index (χ0n) is 14.2. The van der Waals surface area contributed by atoms with Gasteiger partial charge in [-0.1, -0.05) is 30.3 Å². The summed E-state index contributed by atoms with van der Waals surface area (Å²) in [6.07, 6.45) is 0.186. The van der Waals surface area contributed by atoms with Crippen LogP contribution in [0.3, 0.4) is 0 Å². The highest BCUT2D eigenvalue weighted by Crippen LogP contribution is 2.19. The summed E-state index contributed by atoms with van der Waals surface area (Å²) in [6, 6.07) is 15.4. The summed E-state index contributed by atoms with van der Waals surface area (Å²) in [6.45, 7) is 0.483. The zero-order valence-corrected chi connectivity index (χ0v) is 15.8. The van der Waals surface area contributed by atoms with Gasteiger partial charge in [0.25, 0.3) is 10.0 Å². The second-order valence-corrected chi connectivity index (χ2v) is 8.45. The van der Waals surface area contributed by atoms with E-state index >= 15 is 0 Å². The van der Waals surface area contributed by atoms with Gasteiger partial charge in [0.05, 0.1) is 13.0 Å². The van der Waals surface area contributed by atoms with Crippen LogP contribution in [0.5, 0.6) is 0 Å². The Balaban J connectivity index is 1.60. The molecule has 0 saturated carbocycles. The van der Waals surface area contributed by atoms with Gasteiger partial charge in [-0.2, -0.15) is 0 Å². The minimum atomic E-state index is -4.02. The lowest BCUT2D eigenvalue weighted by Gasteiger charge is -2.09. The number of thiophene rings is 1. The average Bonchev–Trinajstić information content (AvgIpc) is 3.15. The minimum Gasteiger partial charge on any atom is -0.351 e. The zero-order chi connectivity index (χ0) is 19.3. The third-order valence-corrected chi connectivity index (χ3v) is 6.03. The third-order valence-electron chi connectivity index (χ3n) is 3.74. The molecule has 0 unspecified atom stereocenters. The van der Waals surface area contributed by atoms with E-state index in [4.69, 9.17) is 0 Å². The molecule has 2 aromatic carbocycles. The molecule has 0 radical (unpaired) electrons. The number of rotatable bonds is 7. The van der Waals surface area contributed by atoms with Gasteiger partial charge in [0.15, 0.2) is 0 Å². The molecule has 1 aromatic heterocycles. The van der Waals surface area contributed by atoms with Crippen molar-refractivity contribution < 1.29 is 17.6 Å². The van der Waals surface area contributed by atoms with E-state index in [1.807, 2.05) is 17.5 Å². The standard InChI is InChI=1S/C19H17FN2O3S2/c20-17-5-1-2-6-18(17)27(24,25)22-15-9-7-14(8-10-15)12-19(23)21-13-16-4-3-11-26-16/h1-11,22H,12-13H2,(H,21,23). The lowest BCUT2D eigenvalue weighted by atomic mass is 10.1. The van der Waals surface area contributed by atoms with E-state index in [2.05, 4.69) is 10.0 Å². The molecule has 1 heterocycles. The monoisotopic (exact) mass is 404 g/mol. The molecule has 0 atom stereocenters. The molecular formula is C19H17FN2O3S2. The van der Waals surface area contributed by atoms with Crippen LogP contribution in [0, 0.1) is 5.82 Å². The highest BCUT2D eigenvalue weighted by molar-refractivity contribution is 7.92. The summed E-state index contributed by atoms with van der Waals surface area (Å²) in [5, 5.41) is 4.78. The van der Waals surface area contributed by atoms with Gasteiger partial charge in [-0.05, 0) is 41.3 Å². The summed E-state index contributed by atoms with van der Waals surface area (Å²) in [7, 11) is -4.02. The molecule has 0 fully saturated rings. The lowest BCUT2D eigenvalue weighted by molar-refractivity contribution is -0.120.